The van der Waals surface area contributed by atoms with Crippen molar-refractivity contribution in [2.45, 2.75) is 130 Å². The fourth-order valence-electron chi connectivity index (χ4n) is 12.3. The van der Waals surface area contributed by atoms with E-state index in [4.69, 9.17) is 61.0 Å². The molecule has 8 aromatic carbocycles. The lowest BCUT2D eigenvalue weighted by atomic mass is 10.1. The molecule has 12 aromatic rings. The first-order chi connectivity index (χ1) is 58.8. The van der Waals surface area contributed by atoms with Crippen LogP contribution in [-0.4, -0.2) is 137 Å². The highest BCUT2D eigenvalue weighted by molar-refractivity contribution is 6.31. The van der Waals surface area contributed by atoms with E-state index in [-0.39, 0.29) is 40.2 Å². The first-order valence-electron chi connectivity index (χ1n) is 39.8. The Labute approximate surface area is 710 Å². The number of ether oxygens (including phenoxy) is 8. The van der Waals surface area contributed by atoms with Crippen LogP contribution >= 0.6 is 11.6 Å². The van der Waals surface area contributed by atoms with Gasteiger partial charge in [-0.25, -0.2) is 57.4 Å². The number of carbonyl (C=O) groups is 4. The highest BCUT2D eigenvalue weighted by atomic mass is 35.5. The molecule has 12 rings (SSSR count). The first kappa shape index (κ1) is 92.7. The van der Waals surface area contributed by atoms with Crippen molar-refractivity contribution in [3.63, 3.8) is 0 Å². The van der Waals surface area contributed by atoms with Crippen LogP contribution in [0.2, 0.25) is 5.02 Å². The fraction of sp³-hybridized carbons (Fsp3) is 0.333. The van der Waals surface area contributed by atoms with Crippen LogP contribution in [0.15, 0.2) is 147 Å². The average Bonchev–Trinajstić information content (AvgIpc) is 0.807. The third-order valence-corrected chi connectivity index (χ3v) is 19.4. The van der Waals surface area contributed by atoms with Crippen molar-refractivity contribution in [3.8, 4) is 46.0 Å². The molecule has 0 radical (unpaired) electrons. The van der Waals surface area contributed by atoms with Gasteiger partial charge in [0.2, 0.25) is 17.7 Å². The molecule has 27 nitrogen and oxygen atoms in total. The minimum atomic E-state index is -0.488. The summed E-state index contributed by atoms with van der Waals surface area (Å²) >= 11 is 5.87. The number of unbranched alkanes of at least 4 members (excludes halogenated alkanes) is 7. The molecule has 644 valence electrons. The van der Waals surface area contributed by atoms with Crippen LogP contribution in [0.3, 0.4) is 0 Å². The summed E-state index contributed by atoms with van der Waals surface area (Å²) in [6, 6.07) is 33.2. The quantitative estimate of drug-likeness (QED) is 0.0153. The van der Waals surface area contributed by atoms with Crippen LogP contribution in [0.1, 0.15) is 126 Å². The summed E-state index contributed by atoms with van der Waals surface area (Å²) in [5.74, 6) is 5.45. The molecule has 0 saturated carbocycles. The van der Waals surface area contributed by atoms with Crippen molar-refractivity contribution in [2.24, 2.45) is 11.5 Å². The molecule has 3 amide bonds. The number of aromatic nitrogens is 8. The maximum atomic E-state index is 13.6. The number of fused-ring (bicyclic) bond motifs is 4. The molecule has 0 aliphatic heterocycles. The molecule has 0 bridgehead atoms. The summed E-state index contributed by atoms with van der Waals surface area (Å²) in [4.78, 5) is 80.7. The van der Waals surface area contributed by atoms with Crippen LogP contribution in [0.25, 0.3) is 43.6 Å². The van der Waals surface area contributed by atoms with E-state index in [0.29, 0.717) is 191 Å². The second-order valence-corrected chi connectivity index (χ2v) is 28.8. The Morgan fingerprint density at radius 3 is 0.918 bits per heavy atom. The maximum absolute atomic E-state index is 13.6. The molecular weight excluding hydrogens is 1590 g/mol. The predicted octanol–water partition coefficient (Wildman–Crippen LogP) is 19.1. The SMILES string of the molecule is CCC(=O)CCCCCOc1cc2ncnc(Nc3ccc(F)c(C)c3)c2cc1OC.COc1cc2c(Nc3ccc(F)c(C)c3)ncnc2cc1OCCCCC(N)=O.COc1cc2c(Nc3ccc(F)c(C)c3)ncnc2cc1OCCCCCC(N)=O.COc1cc2c(Nc3ccc(F)c(Cl)c3)ncnc2cc1OCCCCCC(=O)N(C)C. The third-order valence-electron chi connectivity index (χ3n) is 19.1. The van der Waals surface area contributed by atoms with E-state index in [1.54, 1.807) is 141 Å². The molecule has 32 heteroatoms. The molecule has 0 atom stereocenters. The van der Waals surface area contributed by atoms with Crippen LogP contribution in [0, 0.1) is 44.0 Å². The highest BCUT2D eigenvalue weighted by Gasteiger charge is 2.19. The number of nitrogens with two attached hydrogens (primary N) is 2. The molecule has 122 heavy (non-hydrogen) atoms. The molecular formula is C90H102ClF4N15O12. The summed E-state index contributed by atoms with van der Waals surface area (Å²) in [7, 11) is 9.80. The molecule has 0 saturated heterocycles. The number of primary amides is 2. The first-order valence-corrected chi connectivity index (χ1v) is 40.2. The van der Waals surface area contributed by atoms with Gasteiger partial charge < -0.3 is 75.5 Å². The van der Waals surface area contributed by atoms with E-state index in [2.05, 4.69) is 61.1 Å². The number of Topliss-reactive ketones (excluding diaryl/α,β-unsaturated/α-hetero) is 1. The Kier molecular flexibility index (Phi) is 35.7. The van der Waals surface area contributed by atoms with E-state index in [0.717, 1.165) is 96.4 Å². The molecule has 0 unspecified atom stereocenters. The molecule has 4 aromatic heterocycles. The minimum absolute atomic E-state index is 0.0210. The van der Waals surface area contributed by atoms with Crippen LogP contribution < -0.4 is 70.6 Å². The molecule has 4 heterocycles. The Morgan fingerprint density at radius 2 is 0.639 bits per heavy atom. The zero-order chi connectivity index (χ0) is 87.6. The fourth-order valence-corrected chi connectivity index (χ4v) is 12.5. The van der Waals surface area contributed by atoms with Gasteiger partial charge in [-0.3, -0.25) is 19.2 Å². The number of methoxy groups -OCH3 is 4. The number of benzene rings is 8. The molecule has 0 aliphatic rings. The van der Waals surface area contributed by atoms with Crippen LogP contribution in [-0.2, 0) is 19.2 Å². The van der Waals surface area contributed by atoms with E-state index < -0.39 is 5.82 Å². The number of ketones is 1. The number of halogens is 5. The van der Waals surface area contributed by atoms with Gasteiger partial charge in [0.25, 0.3) is 0 Å². The number of aryl methyl sites for hydroxylation is 3. The molecule has 0 fully saturated rings. The molecule has 8 N–H and O–H groups in total. The summed E-state index contributed by atoms with van der Waals surface area (Å²) < 4.78 is 99.5. The summed E-state index contributed by atoms with van der Waals surface area (Å²) in [5.41, 5.74) is 17.4. The lowest BCUT2D eigenvalue weighted by Gasteiger charge is -2.14. The van der Waals surface area contributed by atoms with Crippen LogP contribution in [0.4, 0.5) is 63.6 Å². The largest absolute Gasteiger partial charge is 0.493 e. The van der Waals surface area contributed by atoms with E-state index >= 15 is 0 Å². The number of hydrogen-bond acceptors (Lipinski definition) is 24. The average molecular weight is 1700 g/mol. The van der Waals surface area contributed by atoms with E-state index in [9.17, 15) is 36.7 Å². The normalized spacial score (nSPS) is 10.8. The van der Waals surface area contributed by atoms with Gasteiger partial charge in [0.15, 0.2) is 46.0 Å². The predicted molar refractivity (Wildman–Crippen MR) is 466 cm³/mol. The number of nitrogens with zero attached hydrogens (tertiary/aromatic N) is 9. The van der Waals surface area contributed by atoms with Gasteiger partial charge in [-0.05, 0) is 205 Å². The zero-order valence-corrected chi connectivity index (χ0v) is 70.7. The molecule has 0 spiro atoms. The monoisotopic (exact) mass is 1700 g/mol. The summed E-state index contributed by atoms with van der Waals surface area (Å²) in [5, 5.41) is 15.8. The van der Waals surface area contributed by atoms with Crippen molar-refractivity contribution >= 4 is 125 Å². The number of hydrogen-bond donors (Lipinski definition) is 6. The van der Waals surface area contributed by atoms with Gasteiger partial charge in [-0.1, -0.05) is 18.5 Å². The van der Waals surface area contributed by atoms with Gasteiger partial charge in [0.05, 0.1) is 82.0 Å². The van der Waals surface area contributed by atoms with E-state index in [1.807, 2.05) is 25.1 Å². The van der Waals surface area contributed by atoms with Crippen molar-refractivity contribution < 1.29 is 74.6 Å². The van der Waals surface area contributed by atoms with Gasteiger partial charge in [-0.15, -0.1) is 0 Å². The number of anilines is 8. The lowest BCUT2D eigenvalue weighted by Crippen LogP contribution is -2.21. The number of rotatable bonds is 40. The van der Waals surface area contributed by atoms with Gasteiger partial charge in [0.1, 0.15) is 77.6 Å². The van der Waals surface area contributed by atoms with Crippen molar-refractivity contribution in [3.05, 3.63) is 192 Å². The Hall–Kier alpha value is -13.2. The highest BCUT2D eigenvalue weighted by Crippen LogP contribution is 2.40. The second kappa shape index (κ2) is 47.0. The molecule has 0 aliphatic carbocycles. The summed E-state index contributed by atoms with van der Waals surface area (Å²) in [6.45, 7) is 8.98. The van der Waals surface area contributed by atoms with Crippen molar-refractivity contribution in [1.29, 1.82) is 0 Å². The maximum Gasteiger partial charge on any atom is 0.222 e. The van der Waals surface area contributed by atoms with Gasteiger partial charge in [-0.2, -0.15) is 0 Å². The minimum Gasteiger partial charge on any atom is -0.493 e. The number of amides is 3. The number of nitrogens with one attached hydrogen (secondary N) is 4. The lowest BCUT2D eigenvalue weighted by molar-refractivity contribution is -0.128. The smallest absolute Gasteiger partial charge is 0.222 e. The van der Waals surface area contributed by atoms with E-state index in [1.165, 1.54) is 55.6 Å². The van der Waals surface area contributed by atoms with Crippen molar-refractivity contribution in [1.82, 2.24) is 44.8 Å². The number of carbonyl (C=O) groups excluding carboxylic acids is 4. The third kappa shape index (κ3) is 27.7. The Morgan fingerprint density at radius 1 is 0.361 bits per heavy atom. The topological polar surface area (TPSA) is 349 Å². The van der Waals surface area contributed by atoms with Gasteiger partial charge >= 0.3 is 0 Å². The zero-order valence-electron chi connectivity index (χ0n) is 70.0. The Balaban J connectivity index is 0.000000185. The second-order valence-electron chi connectivity index (χ2n) is 28.4. The van der Waals surface area contributed by atoms with Gasteiger partial charge in [0, 0.05) is 115 Å². The van der Waals surface area contributed by atoms with Crippen LogP contribution in [0.5, 0.6) is 46.0 Å². The van der Waals surface area contributed by atoms with Crippen molar-refractivity contribution in [2.75, 3.05) is 90.2 Å². The standard InChI is InChI=1S/C24H28FN3O3.C23H26ClFN4O3.C22H25FN4O3.C21H23FN4O3/c1-4-18(29)8-6-5-7-11-31-23-14-21-19(13-22(23)30-3)24(27-15-26-21)28-17-9-10-20(25)16(2)12-17;1-29(2)22(30)7-5-4-6-10-32-21-13-19-16(12-20(21)31-3)23(27-14-26-19)28-15-8-9-18(25)17(24)11-15;1-14-10-15(7-8-17(14)23)27-22-16-11-19(29-2)20(12-18(16)25-13-26-22)30-9-5-3-4-6-21(24)28;1-13-9-14(6-7-16(13)22)26-21-15-10-18(28-2)19(11-17(15)24-12-25-21)29-8-4-3-5-20(23)27/h9-10,12-15H,4-8,11H2,1-3H3,(H,26,27,28);8-9,11-14H,4-7,10H2,1-3H3,(H,26,27,28);7-8,10-13H,3-6,9H2,1-2H3,(H2,24,28)(H,25,26,27);6-7,9-12H,3-5,8H2,1-2H3,(H2,23,27)(H,24,25,26). The Bertz CT molecular complexity index is 5570. The summed E-state index contributed by atoms with van der Waals surface area (Å²) in [6.07, 6.45) is 17.3.